The molecule has 1 saturated heterocycles. The molecule has 1 N–H and O–H groups in total. The van der Waals surface area contributed by atoms with E-state index in [1.54, 1.807) is 6.20 Å². The number of hydrogen-bond donors (Lipinski definition) is 1. The molecule has 0 atom stereocenters. The monoisotopic (exact) mass is 344 g/mol. The molecule has 5 aliphatic rings. The molecule has 0 unspecified atom stereocenters. The molecule has 6 rings (SSSR count). The zero-order valence-electron chi connectivity index (χ0n) is 15.0. The maximum Gasteiger partial charge on any atom is 0.256 e. The minimum Gasteiger partial charge on any atom is -0.378 e. The van der Waals surface area contributed by atoms with Crippen LogP contribution in [0.2, 0.25) is 0 Å². The van der Waals surface area contributed by atoms with Crippen molar-refractivity contribution in [3.63, 3.8) is 0 Å². The average Bonchev–Trinajstić information content (AvgIpc) is 3.00. The number of hydrogen-bond acceptors (Lipinski definition) is 4. The van der Waals surface area contributed by atoms with Crippen LogP contribution in [0, 0.1) is 23.7 Å². The zero-order valence-corrected chi connectivity index (χ0v) is 15.0. The first-order chi connectivity index (χ1) is 12.2. The number of rotatable bonds is 3. The molecule has 25 heavy (non-hydrogen) atoms. The second kappa shape index (κ2) is 6.01. The third kappa shape index (κ3) is 2.65. The van der Waals surface area contributed by atoms with E-state index < -0.39 is 0 Å². The summed E-state index contributed by atoms with van der Waals surface area (Å²) in [6.45, 7) is 3.05. The Balaban J connectivity index is 1.35. The number of carbonyl (C=O) groups excluding carboxylic acids is 1. The molecule has 0 aromatic carbocycles. The first-order valence-corrected chi connectivity index (χ1v) is 9.84. The molecule has 4 bridgehead atoms. The quantitative estimate of drug-likeness (QED) is 0.909. The number of ether oxygens (including phenoxy) is 1. The summed E-state index contributed by atoms with van der Waals surface area (Å²) in [6.07, 6.45) is 8.46. The fraction of sp³-hybridized carbons (Fsp3) is 0.789. The Bertz CT molecular complexity index is 636. The Labute approximate surface area is 148 Å². The number of anilines is 1. The van der Waals surface area contributed by atoms with Crippen molar-refractivity contribution in [2.75, 3.05) is 31.2 Å². The maximum absolute atomic E-state index is 13.1. The lowest BCUT2D eigenvalue weighted by Gasteiger charge is -2.54. The molecule has 4 saturated carbocycles. The van der Waals surface area contributed by atoms with Crippen molar-refractivity contribution in [1.82, 2.24) is 15.1 Å². The normalized spacial score (nSPS) is 36.7. The molecule has 1 amide bonds. The predicted octanol–water partition coefficient (Wildman–Crippen LogP) is 1.81. The van der Waals surface area contributed by atoms with Gasteiger partial charge < -0.3 is 15.0 Å². The van der Waals surface area contributed by atoms with Crippen molar-refractivity contribution >= 4 is 11.7 Å². The lowest BCUT2D eigenvalue weighted by atomic mass is 9.54. The van der Waals surface area contributed by atoms with Crippen molar-refractivity contribution in [2.24, 2.45) is 30.7 Å². The van der Waals surface area contributed by atoms with Crippen molar-refractivity contribution in [2.45, 2.75) is 38.1 Å². The first kappa shape index (κ1) is 15.7. The largest absolute Gasteiger partial charge is 0.378 e. The predicted molar refractivity (Wildman–Crippen MR) is 94.5 cm³/mol. The van der Waals surface area contributed by atoms with Gasteiger partial charge >= 0.3 is 0 Å². The fourth-order valence-electron chi connectivity index (χ4n) is 6.13. The standard InChI is InChI=1S/C19H28N4O2/c1-22-19(23-2-4-25-5-3-23)16(11-20-22)18(24)21-17-14-7-12-6-13(9-14)10-15(17)8-12/h11-15,17H,2-10H2,1H3,(H,21,24). The van der Waals surface area contributed by atoms with E-state index in [0.717, 1.165) is 36.3 Å². The van der Waals surface area contributed by atoms with Gasteiger partial charge in [0.05, 0.1) is 19.4 Å². The van der Waals surface area contributed by atoms with Crippen LogP contribution in [-0.2, 0) is 11.8 Å². The van der Waals surface area contributed by atoms with E-state index in [9.17, 15) is 4.79 Å². The van der Waals surface area contributed by atoms with Gasteiger partial charge in [0.15, 0.2) is 0 Å². The summed E-state index contributed by atoms with van der Waals surface area (Å²) in [7, 11) is 1.92. The van der Waals surface area contributed by atoms with E-state index in [0.29, 0.717) is 31.1 Å². The topological polar surface area (TPSA) is 59.4 Å². The number of morpholine rings is 1. The van der Waals surface area contributed by atoms with Gasteiger partial charge in [0.1, 0.15) is 11.4 Å². The lowest BCUT2D eigenvalue weighted by molar-refractivity contribution is -0.0119. The van der Waals surface area contributed by atoms with E-state index in [1.807, 2.05) is 11.7 Å². The van der Waals surface area contributed by atoms with Crippen LogP contribution in [0.25, 0.3) is 0 Å². The maximum atomic E-state index is 13.1. The molecule has 6 nitrogen and oxygen atoms in total. The lowest BCUT2D eigenvalue weighted by Crippen LogP contribution is -2.55. The van der Waals surface area contributed by atoms with Gasteiger partial charge in [-0.2, -0.15) is 5.10 Å². The smallest absolute Gasteiger partial charge is 0.256 e. The Hall–Kier alpha value is -1.56. The summed E-state index contributed by atoms with van der Waals surface area (Å²) in [5.41, 5.74) is 0.721. The van der Waals surface area contributed by atoms with Crippen LogP contribution in [0.1, 0.15) is 42.5 Å². The van der Waals surface area contributed by atoms with Gasteiger partial charge in [0.25, 0.3) is 5.91 Å². The molecule has 1 aliphatic heterocycles. The third-order valence-electron chi connectivity index (χ3n) is 6.99. The molecular formula is C19H28N4O2. The highest BCUT2D eigenvalue weighted by atomic mass is 16.5. The van der Waals surface area contributed by atoms with Crippen LogP contribution < -0.4 is 10.2 Å². The molecule has 136 valence electrons. The van der Waals surface area contributed by atoms with Gasteiger partial charge in [-0.15, -0.1) is 0 Å². The van der Waals surface area contributed by atoms with E-state index in [4.69, 9.17) is 4.74 Å². The fourth-order valence-corrected chi connectivity index (χ4v) is 6.13. The molecule has 0 spiro atoms. The molecule has 5 fully saturated rings. The highest BCUT2D eigenvalue weighted by Crippen LogP contribution is 2.53. The van der Waals surface area contributed by atoms with Gasteiger partial charge in [0, 0.05) is 26.2 Å². The minimum absolute atomic E-state index is 0.0621. The van der Waals surface area contributed by atoms with Gasteiger partial charge in [-0.3, -0.25) is 9.48 Å². The van der Waals surface area contributed by atoms with Crippen LogP contribution in [0.4, 0.5) is 5.82 Å². The Morgan fingerprint density at radius 3 is 2.40 bits per heavy atom. The van der Waals surface area contributed by atoms with Gasteiger partial charge in [-0.1, -0.05) is 0 Å². The average molecular weight is 344 g/mol. The van der Waals surface area contributed by atoms with E-state index in [-0.39, 0.29) is 5.91 Å². The molecule has 1 aromatic rings. The number of nitrogens with one attached hydrogen (secondary N) is 1. The van der Waals surface area contributed by atoms with E-state index in [2.05, 4.69) is 15.3 Å². The molecular weight excluding hydrogens is 316 g/mol. The molecule has 1 aromatic heterocycles. The van der Waals surface area contributed by atoms with Crippen LogP contribution in [0.15, 0.2) is 6.20 Å². The van der Waals surface area contributed by atoms with E-state index in [1.165, 1.54) is 32.1 Å². The second-order valence-corrected chi connectivity index (χ2v) is 8.53. The molecule has 4 aliphatic carbocycles. The summed E-state index contributed by atoms with van der Waals surface area (Å²) in [4.78, 5) is 15.3. The van der Waals surface area contributed by atoms with Crippen molar-refractivity contribution in [1.29, 1.82) is 0 Å². The third-order valence-corrected chi connectivity index (χ3v) is 6.99. The molecule has 0 radical (unpaired) electrons. The zero-order chi connectivity index (χ0) is 17.0. The number of carbonyl (C=O) groups is 1. The number of amides is 1. The highest BCUT2D eigenvalue weighted by molar-refractivity contribution is 5.99. The van der Waals surface area contributed by atoms with E-state index >= 15 is 0 Å². The SMILES string of the molecule is Cn1ncc(C(=O)NC2C3CC4CC(C3)CC2C4)c1N1CCOCC1. The van der Waals surface area contributed by atoms with Crippen molar-refractivity contribution in [3.8, 4) is 0 Å². The van der Waals surface area contributed by atoms with Crippen LogP contribution in [0.3, 0.4) is 0 Å². The van der Waals surface area contributed by atoms with Gasteiger partial charge in [-0.05, 0) is 55.8 Å². The summed E-state index contributed by atoms with van der Waals surface area (Å²) >= 11 is 0. The molecule has 2 heterocycles. The first-order valence-electron chi connectivity index (χ1n) is 9.84. The second-order valence-electron chi connectivity index (χ2n) is 8.53. The summed E-state index contributed by atoms with van der Waals surface area (Å²) in [6, 6.07) is 0.373. The van der Waals surface area contributed by atoms with Crippen LogP contribution in [0.5, 0.6) is 0 Å². The molecule has 6 heteroatoms. The Morgan fingerprint density at radius 1 is 1.12 bits per heavy atom. The number of nitrogens with zero attached hydrogens (tertiary/aromatic N) is 3. The Morgan fingerprint density at radius 2 is 1.76 bits per heavy atom. The Kier molecular flexibility index (Phi) is 3.77. The summed E-state index contributed by atoms with van der Waals surface area (Å²) in [5, 5.41) is 7.79. The van der Waals surface area contributed by atoms with Crippen LogP contribution in [-0.4, -0.2) is 48.0 Å². The highest BCUT2D eigenvalue weighted by Gasteiger charge is 2.48. The van der Waals surface area contributed by atoms with Gasteiger partial charge in [0.2, 0.25) is 0 Å². The minimum atomic E-state index is 0.0621. The number of aryl methyl sites for hydroxylation is 1. The van der Waals surface area contributed by atoms with Crippen molar-refractivity contribution < 1.29 is 9.53 Å². The van der Waals surface area contributed by atoms with Gasteiger partial charge in [-0.25, -0.2) is 0 Å². The summed E-state index contributed by atoms with van der Waals surface area (Å²) in [5.74, 6) is 4.25. The number of aromatic nitrogens is 2. The summed E-state index contributed by atoms with van der Waals surface area (Å²) < 4.78 is 7.28. The van der Waals surface area contributed by atoms with Crippen LogP contribution >= 0.6 is 0 Å². The van der Waals surface area contributed by atoms with Crippen molar-refractivity contribution in [3.05, 3.63) is 11.8 Å².